The molecule has 41 heavy (non-hydrogen) atoms. The maximum atomic E-state index is 13.1. The lowest BCUT2D eigenvalue weighted by molar-refractivity contribution is -0.352. The van der Waals surface area contributed by atoms with Crippen LogP contribution in [-0.2, 0) is 33.3 Å². The number of esters is 2. The first-order valence-electron chi connectivity index (χ1n) is 14.7. The highest BCUT2D eigenvalue weighted by Crippen LogP contribution is 2.54. The lowest BCUT2D eigenvalue weighted by atomic mass is 9.69. The van der Waals surface area contributed by atoms with Crippen molar-refractivity contribution < 1.29 is 43.5 Å². The summed E-state index contributed by atoms with van der Waals surface area (Å²) in [6.07, 6.45) is -0.995. The predicted molar refractivity (Wildman–Crippen MR) is 150 cm³/mol. The molecular weight excluding hydrogens is 528 g/mol. The van der Waals surface area contributed by atoms with Gasteiger partial charge in [0.1, 0.15) is 30.1 Å². The molecule has 8 atom stereocenters. The van der Waals surface area contributed by atoms with E-state index < -0.39 is 41.5 Å². The fourth-order valence-electron chi connectivity index (χ4n) is 6.59. The van der Waals surface area contributed by atoms with Gasteiger partial charge in [-0.15, -0.1) is 0 Å². The molecule has 3 bridgehead atoms. The second kappa shape index (κ2) is 12.3. The topological polar surface area (TPSA) is 121 Å². The van der Waals surface area contributed by atoms with Gasteiger partial charge in [-0.05, 0) is 62.3 Å². The highest BCUT2D eigenvalue weighted by Gasteiger charge is 2.60. The number of aliphatic hydroxyl groups excluding tert-OH is 1. The zero-order chi connectivity index (χ0) is 30.1. The molecule has 0 aliphatic carbocycles. The molecule has 2 N–H and O–H groups in total. The van der Waals surface area contributed by atoms with Crippen LogP contribution in [0.1, 0.15) is 91.7 Å². The van der Waals surface area contributed by atoms with Gasteiger partial charge in [-0.3, -0.25) is 9.59 Å². The van der Waals surface area contributed by atoms with Crippen molar-refractivity contribution in [2.45, 2.75) is 116 Å². The molecule has 9 nitrogen and oxygen atoms in total. The van der Waals surface area contributed by atoms with Crippen LogP contribution in [-0.4, -0.2) is 59.5 Å². The quantitative estimate of drug-likeness (QED) is 0.416. The van der Waals surface area contributed by atoms with Crippen LogP contribution in [0.2, 0.25) is 0 Å². The van der Waals surface area contributed by atoms with Gasteiger partial charge in [-0.25, -0.2) is 0 Å². The van der Waals surface area contributed by atoms with E-state index in [1.807, 2.05) is 19.9 Å². The standard InChI is InChI=1S/C32H46O9/c1-18(11-12-24(37-7)22-9-8-10-23(34)13-22)30-20(3)27-17-32(41-30)31(5,6)16-19(2)25(40-32)14-28(35)38-26(21(4)33)15-29(36)39-27/h8-10,13,18,20-21,24,26-27,30,33-34H,11-12,14-17H2,1-7H3. The van der Waals surface area contributed by atoms with E-state index >= 15 is 0 Å². The van der Waals surface area contributed by atoms with Crippen LogP contribution in [0.4, 0.5) is 0 Å². The van der Waals surface area contributed by atoms with Crippen LogP contribution in [0.5, 0.6) is 5.75 Å². The molecule has 1 aromatic rings. The molecular formula is C32H46O9. The van der Waals surface area contributed by atoms with Gasteiger partial charge < -0.3 is 33.9 Å². The van der Waals surface area contributed by atoms with Crippen LogP contribution in [0.3, 0.4) is 0 Å². The van der Waals surface area contributed by atoms with E-state index in [1.54, 1.807) is 25.3 Å². The number of fused-ring (bicyclic) bond motifs is 2. The highest BCUT2D eigenvalue weighted by molar-refractivity contribution is 5.74. The number of aliphatic hydroxyl groups is 1. The molecule has 2 saturated heterocycles. The molecule has 0 radical (unpaired) electrons. The fraction of sp³-hybridized carbons (Fsp3) is 0.688. The molecule has 1 spiro atoms. The summed E-state index contributed by atoms with van der Waals surface area (Å²) in [7, 11) is 1.66. The number of hydrogen-bond donors (Lipinski definition) is 2. The Bertz CT molecular complexity index is 1140. The number of phenolic OH excluding ortho intramolecular Hbond substituents is 1. The monoisotopic (exact) mass is 574 g/mol. The lowest BCUT2D eigenvalue weighted by Gasteiger charge is -2.57. The largest absolute Gasteiger partial charge is 0.508 e. The number of hydrogen-bond acceptors (Lipinski definition) is 9. The van der Waals surface area contributed by atoms with Gasteiger partial charge in [0.25, 0.3) is 0 Å². The molecule has 3 aliphatic rings. The van der Waals surface area contributed by atoms with Crippen molar-refractivity contribution in [3.8, 4) is 5.75 Å². The average Bonchev–Trinajstić information content (AvgIpc) is 2.88. The summed E-state index contributed by atoms with van der Waals surface area (Å²) in [5.74, 6) is -1.63. The zero-order valence-electron chi connectivity index (χ0n) is 25.3. The summed E-state index contributed by atoms with van der Waals surface area (Å²) in [4.78, 5) is 26.0. The number of aromatic hydroxyl groups is 1. The van der Waals surface area contributed by atoms with Gasteiger partial charge in [0.2, 0.25) is 5.79 Å². The SMILES string of the molecule is COC(CCC(C)C1OC23CC(OC(=O)CC(C(C)O)OC(=O)CC(=C(C)CC2(C)C)O3)C1C)c1cccc(O)c1. The summed E-state index contributed by atoms with van der Waals surface area (Å²) in [5, 5.41) is 20.2. The van der Waals surface area contributed by atoms with Crippen LogP contribution < -0.4 is 0 Å². The van der Waals surface area contributed by atoms with E-state index in [2.05, 4.69) is 20.8 Å². The van der Waals surface area contributed by atoms with Crippen molar-refractivity contribution in [1.82, 2.24) is 0 Å². The van der Waals surface area contributed by atoms with Crippen molar-refractivity contribution in [2.24, 2.45) is 17.3 Å². The molecule has 8 unspecified atom stereocenters. The first-order valence-corrected chi connectivity index (χ1v) is 14.7. The molecule has 228 valence electrons. The Hall–Kier alpha value is -2.62. The Kier molecular flexibility index (Phi) is 9.41. The minimum Gasteiger partial charge on any atom is -0.508 e. The van der Waals surface area contributed by atoms with E-state index in [9.17, 15) is 19.8 Å². The number of rotatable bonds is 7. The van der Waals surface area contributed by atoms with Crippen molar-refractivity contribution in [3.05, 3.63) is 41.2 Å². The van der Waals surface area contributed by atoms with Gasteiger partial charge in [-0.2, -0.15) is 0 Å². The third-order valence-electron chi connectivity index (χ3n) is 9.15. The molecule has 0 aromatic heterocycles. The first-order chi connectivity index (χ1) is 19.2. The minimum atomic E-state index is -1.12. The van der Waals surface area contributed by atoms with Crippen LogP contribution in [0.25, 0.3) is 0 Å². The molecule has 4 rings (SSSR count). The van der Waals surface area contributed by atoms with Gasteiger partial charge in [-0.1, -0.05) is 39.8 Å². The summed E-state index contributed by atoms with van der Waals surface area (Å²) in [6.45, 7) is 11.8. The summed E-state index contributed by atoms with van der Waals surface area (Å²) in [6, 6.07) is 7.09. The summed E-state index contributed by atoms with van der Waals surface area (Å²) < 4.78 is 30.9. The number of carbonyl (C=O) groups excluding carboxylic acids is 2. The normalized spacial score (nSPS) is 32.4. The Morgan fingerprint density at radius 2 is 1.85 bits per heavy atom. The summed E-state index contributed by atoms with van der Waals surface area (Å²) >= 11 is 0. The van der Waals surface area contributed by atoms with E-state index in [-0.39, 0.29) is 42.6 Å². The maximum absolute atomic E-state index is 13.1. The fourth-order valence-corrected chi connectivity index (χ4v) is 6.59. The molecule has 1 aromatic carbocycles. The highest BCUT2D eigenvalue weighted by atomic mass is 16.7. The number of cyclic esters (lactones) is 1. The maximum Gasteiger partial charge on any atom is 0.313 e. The van der Waals surface area contributed by atoms with Gasteiger partial charge in [0.15, 0.2) is 0 Å². The van der Waals surface area contributed by atoms with Gasteiger partial charge in [0, 0.05) is 18.4 Å². The molecule has 0 saturated carbocycles. The average molecular weight is 575 g/mol. The number of methoxy groups -OCH3 is 1. The van der Waals surface area contributed by atoms with Crippen molar-refractivity contribution in [2.75, 3.05) is 7.11 Å². The zero-order valence-corrected chi connectivity index (χ0v) is 25.3. The Labute approximate surface area is 243 Å². The van der Waals surface area contributed by atoms with Crippen LogP contribution in [0.15, 0.2) is 35.6 Å². The molecule has 9 heteroatoms. The van der Waals surface area contributed by atoms with Crippen molar-refractivity contribution in [1.29, 1.82) is 0 Å². The van der Waals surface area contributed by atoms with Crippen molar-refractivity contribution >= 4 is 11.9 Å². The lowest BCUT2D eigenvalue weighted by Crippen LogP contribution is -2.62. The molecule has 0 amide bonds. The Morgan fingerprint density at radius 1 is 1.12 bits per heavy atom. The van der Waals surface area contributed by atoms with Crippen LogP contribution in [0, 0.1) is 17.3 Å². The number of phenols is 1. The first kappa shape index (κ1) is 31.3. The summed E-state index contributed by atoms with van der Waals surface area (Å²) in [5.41, 5.74) is 1.37. The number of allylic oxidation sites excluding steroid dienone is 1. The third-order valence-corrected chi connectivity index (χ3v) is 9.15. The number of benzene rings is 1. The van der Waals surface area contributed by atoms with Gasteiger partial charge >= 0.3 is 11.9 Å². The van der Waals surface area contributed by atoms with E-state index in [0.717, 1.165) is 17.6 Å². The third kappa shape index (κ3) is 6.73. The van der Waals surface area contributed by atoms with E-state index in [4.69, 9.17) is 23.7 Å². The minimum absolute atomic E-state index is 0.0382. The second-order valence-corrected chi connectivity index (χ2v) is 12.8. The number of carbonyl (C=O) groups is 2. The van der Waals surface area contributed by atoms with Crippen molar-refractivity contribution in [3.63, 3.8) is 0 Å². The van der Waals surface area contributed by atoms with E-state index in [0.29, 0.717) is 25.0 Å². The molecule has 3 aliphatic heterocycles. The molecule has 2 fully saturated rings. The smallest absolute Gasteiger partial charge is 0.313 e. The van der Waals surface area contributed by atoms with E-state index in [1.165, 1.54) is 6.92 Å². The number of ether oxygens (including phenoxy) is 5. The van der Waals surface area contributed by atoms with Crippen LogP contribution >= 0.6 is 0 Å². The second-order valence-electron chi connectivity index (χ2n) is 12.8. The molecule has 3 heterocycles. The van der Waals surface area contributed by atoms with Gasteiger partial charge in [0.05, 0.1) is 31.2 Å². The Balaban J connectivity index is 1.64. The Morgan fingerprint density at radius 3 is 2.51 bits per heavy atom. The predicted octanol–water partition coefficient (Wildman–Crippen LogP) is 5.34.